The molecule has 1 aliphatic rings. The zero-order valence-electron chi connectivity index (χ0n) is 27.7. The summed E-state index contributed by atoms with van der Waals surface area (Å²) in [4.78, 5) is 1.30. The lowest BCUT2D eigenvalue weighted by atomic mass is 9.92. The molecule has 0 aliphatic carbocycles. The monoisotopic (exact) mass is 688 g/mol. The Balaban J connectivity index is 1.17. The smallest absolute Gasteiger partial charge is 0.125 e. The largest absolute Gasteiger partial charge is 0.489 e. The fourth-order valence-electron chi connectivity index (χ4n) is 6.48. The van der Waals surface area contributed by atoms with Crippen LogP contribution >= 0.6 is 22.9 Å². The average Bonchev–Trinajstić information content (AvgIpc) is 3.53. The van der Waals surface area contributed by atoms with Crippen molar-refractivity contribution in [3.63, 3.8) is 0 Å². The second-order valence-corrected chi connectivity index (χ2v) is 14.4. The van der Waals surface area contributed by atoms with Gasteiger partial charge in [-0.25, -0.2) is 0 Å². The minimum atomic E-state index is -0.216. The van der Waals surface area contributed by atoms with E-state index in [2.05, 4.69) is 79.7 Å². The van der Waals surface area contributed by atoms with Crippen LogP contribution in [0.2, 0.25) is 5.02 Å². The van der Waals surface area contributed by atoms with Gasteiger partial charge in [0.2, 0.25) is 0 Å². The van der Waals surface area contributed by atoms with Gasteiger partial charge in [-0.2, -0.15) is 0 Å². The summed E-state index contributed by atoms with van der Waals surface area (Å²) in [6.07, 6.45) is 1.98. The van der Waals surface area contributed by atoms with E-state index in [1.54, 1.807) is 0 Å². The van der Waals surface area contributed by atoms with Gasteiger partial charge < -0.3 is 18.9 Å². The lowest BCUT2D eigenvalue weighted by Crippen LogP contribution is -2.36. The third-order valence-corrected chi connectivity index (χ3v) is 10.4. The van der Waals surface area contributed by atoms with Crippen LogP contribution in [0.3, 0.4) is 0 Å². The molecule has 2 heterocycles. The predicted octanol–water partition coefficient (Wildman–Crippen LogP) is 11.1. The van der Waals surface area contributed by atoms with Gasteiger partial charge in [-0.05, 0) is 76.5 Å². The van der Waals surface area contributed by atoms with Crippen LogP contribution < -0.4 is 4.74 Å². The first-order valence-electron chi connectivity index (χ1n) is 17.0. The number of halogens is 1. The first-order valence-corrected chi connectivity index (χ1v) is 18.2. The van der Waals surface area contributed by atoms with Crippen molar-refractivity contribution in [1.82, 2.24) is 0 Å². The molecule has 0 bridgehead atoms. The highest BCUT2D eigenvalue weighted by Gasteiger charge is 2.33. The molecule has 0 saturated carbocycles. The second-order valence-electron chi connectivity index (χ2n) is 12.8. The number of ether oxygens (including phenoxy) is 4. The molecular formula is C43H41ClO4S. The first kappa shape index (κ1) is 33.5. The fourth-order valence-corrected chi connectivity index (χ4v) is 7.73. The van der Waals surface area contributed by atoms with Crippen LogP contribution in [0.1, 0.15) is 57.2 Å². The molecule has 6 heteroatoms. The summed E-state index contributed by atoms with van der Waals surface area (Å²) >= 11 is 8.13. The van der Waals surface area contributed by atoms with E-state index < -0.39 is 0 Å². The van der Waals surface area contributed by atoms with Crippen molar-refractivity contribution in [2.75, 3.05) is 6.61 Å². The van der Waals surface area contributed by atoms with E-state index in [9.17, 15) is 0 Å². The number of fused-ring (bicyclic) bond motifs is 1. The maximum Gasteiger partial charge on any atom is 0.125 e. The van der Waals surface area contributed by atoms with Gasteiger partial charge >= 0.3 is 0 Å². The molecule has 7 rings (SSSR count). The Morgan fingerprint density at radius 2 is 1.41 bits per heavy atom. The van der Waals surface area contributed by atoms with Gasteiger partial charge in [-0.15, -0.1) is 11.3 Å². The van der Waals surface area contributed by atoms with E-state index in [4.69, 9.17) is 30.5 Å². The molecule has 6 aromatic rings. The summed E-state index contributed by atoms with van der Waals surface area (Å²) in [6, 6.07) is 43.8. The predicted molar refractivity (Wildman–Crippen MR) is 200 cm³/mol. The molecule has 0 amide bonds. The molecule has 0 N–H and O–H groups in total. The van der Waals surface area contributed by atoms with Gasteiger partial charge in [0.25, 0.3) is 0 Å². The van der Waals surface area contributed by atoms with Gasteiger partial charge in [-0.3, -0.25) is 0 Å². The van der Waals surface area contributed by atoms with Crippen molar-refractivity contribution in [2.45, 2.75) is 64.3 Å². The Kier molecular flexibility index (Phi) is 11.1. The minimum Gasteiger partial charge on any atom is -0.489 e. The van der Waals surface area contributed by atoms with Gasteiger partial charge in [0.15, 0.2) is 0 Å². The molecule has 4 nitrogen and oxygen atoms in total. The highest BCUT2D eigenvalue weighted by Crippen LogP contribution is 2.40. The number of benzene rings is 5. The van der Waals surface area contributed by atoms with Crippen LogP contribution in [-0.4, -0.2) is 18.8 Å². The van der Waals surface area contributed by atoms with E-state index >= 15 is 0 Å². The standard InChI is InChI=1S/C43H41ClO4S/c1-30-19-41(47-28-33-15-9-4-10-16-33)40(23-34(30)21-39-22-35-20-36(44)17-18-43(35)49-39)42-25-37(46-27-32-13-7-3-8-14-32)24-38(48-42)29-45-26-31-11-5-2-6-12-31/h2-20,22-23,37-38,42H,21,24-29H2,1H3. The van der Waals surface area contributed by atoms with Crippen molar-refractivity contribution < 1.29 is 18.9 Å². The molecule has 1 fully saturated rings. The fraction of sp³-hybridized carbons (Fsp3) is 0.256. The van der Waals surface area contributed by atoms with Crippen LogP contribution in [0.15, 0.2) is 127 Å². The van der Waals surface area contributed by atoms with Crippen LogP contribution in [0, 0.1) is 6.92 Å². The van der Waals surface area contributed by atoms with Crippen molar-refractivity contribution in [1.29, 1.82) is 0 Å². The van der Waals surface area contributed by atoms with Gasteiger partial charge in [0.05, 0.1) is 38.1 Å². The minimum absolute atomic E-state index is 0.00310. The third-order valence-electron chi connectivity index (χ3n) is 9.05. The quantitative estimate of drug-likeness (QED) is 0.121. The number of aryl methyl sites for hydroxylation is 1. The van der Waals surface area contributed by atoms with Gasteiger partial charge in [0.1, 0.15) is 12.4 Å². The third kappa shape index (κ3) is 8.99. The van der Waals surface area contributed by atoms with Crippen LogP contribution in [0.25, 0.3) is 10.1 Å². The van der Waals surface area contributed by atoms with E-state index in [1.807, 2.05) is 65.9 Å². The molecule has 3 atom stereocenters. The molecule has 5 aromatic carbocycles. The van der Waals surface area contributed by atoms with Crippen molar-refractivity contribution >= 4 is 33.0 Å². The molecule has 3 unspecified atom stereocenters. The van der Waals surface area contributed by atoms with Crippen molar-refractivity contribution in [3.8, 4) is 5.75 Å². The molecule has 250 valence electrons. The maximum absolute atomic E-state index is 6.89. The topological polar surface area (TPSA) is 36.9 Å². The lowest BCUT2D eigenvalue weighted by Gasteiger charge is -2.36. The highest BCUT2D eigenvalue weighted by molar-refractivity contribution is 7.19. The Bertz CT molecular complexity index is 1940. The van der Waals surface area contributed by atoms with E-state index in [0.717, 1.165) is 52.3 Å². The summed E-state index contributed by atoms with van der Waals surface area (Å²) in [6.45, 7) is 4.24. The summed E-state index contributed by atoms with van der Waals surface area (Å²) in [7, 11) is 0. The summed E-state index contributed by atoms with van der Waals surface area (Å²) in [5, 5.41) is 1.94. The van der Waals surface area contributed by atoms with Crippen molar-refractivity contribution in [2.24, 2.45) is 0 Å². The molecular weight excluding hydrogens is 648 g/mol. The first-order chi connectivity index (χ1) is 24.1. The Morgan fingerprint density at radius 3 is 2.12 bits per heavy atom. The van der Waals surface area contributed by atoms with Crippen LogP contribution in [-0.2, 0) is 40.5 Å². The van der Waals surface area contributed by atoms with Gasteiger partial charge in [-0.1, -0.05) is 103 Å². The number of rotatable bonds is 13. The van der Waals surface area contributed by atoms with Crippen molar-refractivity contribution in [3.05, 3.63) is 171 Å². The number of hydrogen-bond acceptors (Lipinski definition) is 5. The molecule has 1 saturated heterocycles. The van der Waals surface area contributed by atoms with E-state index in [1.165, 1.54) is 26.1 Å². The maximum atomic E-state index is 6.89. The molecule has 1 aromatic heterocycles. The van der Waals surface area contributed by atoms with E-state index in [-0.39, 0.29) is 18.3 Å². The molecule has 49 heavy (non-hydrogen) atoms. The van der Waals surface area contributed by atoms with E-state index in [0.29, 0.717) is 26.4 Å². The Labute approximate surface area is 298 Å². The molecule has 1 aliphatic heterocycles. The average molecular weight is 689 g/mol. The normalized spacial score (nSPS) is 17.7. The van der Waals surface area contributed by atoms with Crippen LogP contribution in [0.5, 0.6) is 5.75 Å². The molecule has 0 spiro atoms. The summed E-state index contributed by atoms with van der Waals surface area (Å²) in [5.41, 5.74) is 6.94. The van der Waals surface area contributed by atoms with Crippen LogP contribution in [0.4, 0.5) is 0 Å². The number of thiophene rings is 1. The molecule has 0 radical (unpaired) electrons. The second kappa shape index (κ2) is 16.2. The zero-order chi connectivity index (χ0) is 33.4. The van der Waals surface area contributed by atoms with Gasteiger partial charge in [0, 0.05) is 39.4 Å². The zero-order valence-corrected chi connectivity index (χ0v) is 29.3. The Hall–Kier alpha value is -3.97. The summed E-state index contributed by atoms with van der Waals surface area (Å²) in [5.74, 6) is 0.853. The number of hydrogen-bond donors (Lipinski definition) is 0. The lowest BCUT2D eigenvalue weighted by molar-refractivity contribution is -0.142. The highest BCUT2D eigenvalue weighted by atomic mass is 35.5. The SMILES string of the molecule is Cc1cc(OCc2ccccc2)c(C2CC(OCc3ccccc3)CC(COCc3ccccc3)O2)cc1Cc1cc2cc(Cl)ccc2s1. The summed E-state index contributed by atoms with van der Waals surface area (Å²) < 4.78 is 27.6. The Morgan fingerprint density at radius 1 is 0.735 bits per heavy atom.